The second-order valence-electron chi connectivity index (χ2n) is 8.39. The Morgan fingerprint density at radius 3 is 2.53 bits per heavy atom. The van der Waals surface area contributed by atoms with Crippen molar-refractivity contribution in [1.29, 1.82) is 0 Å². The fourth-order valence-corrected chi connectivity index (χ4v) is 4.81. The molecular formula is C30H24N2. The predicted octanol–water partition coefficient (Wildman–Crippen LogP) is 7.89. The number of hydrogen-bond acceptors (Lipinski definition) is 1. The third-order valence-corrected chi connectivity index (χ3v) is 6.46. The molecule has 0 bridgehead atoms. The maximum Gasteiger partial charge on any atom is 0.0533 e. The number of hydrogen-bond donors (Lipinski definition) is 1. The Bertz CT molecular complexity index is 1430. The summed E-state index contributed by atoms with van der Waals surface area (Å²) in [5.41, 5.74) is 11.1. The van der Waals surface area contributed by atoms with Gasteiger partial charge in [0.25, 0.3) is 0 Å². The zero-order valence-electron chi connectivity index (χ0n) is 17.9. The molecule has 3 aromatic carbocycles. The highest BCUT2D eigenvalue weighted by Crippen LogP contribution is 2.37. The lowest BCUT2D eigenvalue weighted by Crippen LogP contribution is -2.11. The molecule has 0 radical (unpaired) electrons. The number of benzene rings is 3. The topological polar surface area (TPSA) is 19.0 Å². The maximum atomic E-state index is 4.24. The number of aromatic amines is 1. The molecule has 32 heavy (non-hydrogen) atoms. The molecule has 6 rings (SSSR count). The number of para-hydroxylation sites is 2. The molecule has 1 N–H and O–H groups in total. The van der Waals surface area contributed by atoms with Gasteiger partial charge in [0.15, 0.2) is 0 Å². The molecule has 0 spiro atoms. The molecule has 2 aliphatic rings. The zero-order valence-corrected chi connectivity index (χ0v) is 17.9. The van der Waals surface area contributed by atoms with E-state index in [-0.39, 0.29) is 0 Å². The number of rotatable bonds is 2. The average molecular weight is 413 g/mol. The van der Waals surface area contributed by atoms with Gasteiger partial charge in [-0.2, -0.15) is 0 Å². The largest absolute Gasteiger partial charge is 0.358 e. The van der Waals surface area contributed by atoms with Gasteiger partial charge in [-0.25, -0.2) is 0 Å². The van der Waals surface area contributed by atoms with E-state index in [1.54, 1.807) is 0 Å². The van der Waals surface area contributed by atoms with Crippen LogP contribution in [0.5, 0.6) is 0 Å². The number of aryl methyl sites for hydroxylation is 1. The van der Waals surface area contributed by atoms with Crippen LogP contribution >= 0.6 is 0 Å². The van der Waals surface area contributed by atoms with Crippen LogP contribution in [0.2, 0.25) is 0 Å². The van der Waals surface area contributed by atoms with E-state index in [4.69, 9.17) is 0 Å². The first kappa shape index (κ1) is 18.7. The lowest BCUT2D eigenvalue weighted by Gasteiger charge is -2.25. The summed E-state index contributed by atoms with van der Waals surface area (Å²) in [6.45, 7) is 4.24. The third kappa shape index (κ3) is 3.12. The Balaban J connectivity index is 1.37. The Morgan fingerprint density at radius 1 is 0.812 bits per heavy atom. The minimum Gasteiger partial charge on any atom is -0.358 e. The van der Waals surface area contributed by atoms with E-state index < -0.39 is 0 Å². The number of aromatic nitrogens is 1. The van der Waals surface area contributed by atoms with Gasteiger partial charge in [0.2, 0.25) is 0 Å². The molecule has 4 aromatic rings. The van der Waals surface area contributed by atoms with Crippen molar-refractivity contribution < 1.29 is 0 Å². The summed E-state index contributed by atoms with van der Waals surface area (Å²) in [6.07, 6.45) is 12.8. The van der Waals surface area contributed by atoms with Gasteiger partial charge >= 0.3 is 0 Å². The summed E-state index contributed by atoms with van der Waals surface area (Å²) in [5, 5.41) is 1.31. The molecule has 0 atom stereocenters. The molecular weight excluding hydrogens is 388 g/mol. The zero-order chi connectivity index (χ0) is 21.5. The van der Waals surface area contributed by atoms with E-state index in [2.05, 4.69) is 114 Å². The van der Waals surface area contributed by atoms with Crippen molar-refractivity contribution in [2.24, 2.45) is 0 Å². The van der Waals surface area contributed by atoms with Crippen molar-refractivity contribution in [2.75, 3.05) is 4.90 Å². The number of nitrogens with zero attached hydrogens (tertiary/aromatic N) is 1. The smallest absolute Gasteiger partial charge is 0.0533 e. The summed E-state index contributed by atoms with van der Waals surface area (Å²) < 4.78 is 0. The van der Waals surface area contributed by atoms with Crippen molar-refractivity contribution >= 4 is 39.5 Å². The number of nitrogens with one attached hydrogen (secondary N) is 1. The molecule has 0 unspecified atom stereocenters. The van der Waals surface area contributed by atoms with E-state index in [0.29, 0.717) is 0 Å². The van der Waals surface area contributed by atoms with Crippen LogP contribution in [0.4, 0.5) is 11.4 Å². The predicted molar refractivity (Wildman–Crippen MR) is 137 cm³/mol. The minimum absolute atomic E-state index is 1.02. The van der Waals surface area contributed by atoms with Crippen LogP contribution in [0, 0.1) is 0 Å². The Morgan fingerprint density at radius 2 is 1.62 bits per heavy atom. The molecule has 1 aromatic heterocycles. The highest BCUT2D eigenvalue weighted by Gasteiger charge is 2.17. The number of anilines is 2. The molecule has 2 heteroatoms. The first-order valence-electron chi connectivity index (χ1n) is 11.1. The van der Waals surface area contributed by atoms with Gasteiger partial charge < -0.3 is 9.88 Å². The molecule has 0 fully saturated rings. The van der Waals surface area contributed by atoms with Gasteiger partial charge in [-0.1, -0.05) is 67.3 Å². The summed E-state index contributed by atoms with van der Waals surface area (Å²) in [6, 6.07) is 26.0. The van der Waals surface area contributed by atoms with Gasteiger partial charge in [0.05, 0.1) is 5.69 Å². The first-order chi connectivity index (χ1) is 15.8. The number of fused-ring (bicyclic) bond motifs is 4. The Kier molecular flexibility index (Phi) is 4.43. The van der Waals surface area contributed by atoms with E-state index in [1.807, 2.05) is 6.08 Å². The van der Waals surface area contributed by atoms with Crippen molar-refractivity contribution in [3.8, 4) is 0 Å². The third-order valence-electron chi connectivity index (χ3n) is 6.46. The minimum atomic E-state index is 1.02. The fourth-order valence-electron chi connectivity index (χ4n) is 4.81. The van der Waals surface area contributed by atoms with Crippen LogP contribution in [0.3, 0.4) is 0 Å². The Labute approximate surface area is 188 Å². The monoisotopic (exact) mass is 412 g/mol. The highest BCUT2D eigenvalue weighted by molar-refractivity contribution is 5.97. The molecule has 0 saturated heterocycles. The second-order valence-corrected chi connectivity index (χ2v) is 8.39. The van der Waals surface area contributed by atoms with Crippen LogP contribution < -0.4 is 4.90 Å². The first-order valence-corrected chi connectivity index (χ1v) is 11.1. The standard InChI is InChI=1S/C30H24N2/c1-21-8-6-7-19-32(30-12-5-3-9-25(21)30)24-16-13-22(14-17-24)23-15-18-29-27(20-23)26-10-2-4-11-28(26)31-29/h2-14,16-17,19-20,31H,1,15,18H2/b8-6-,19-7-. The Hall–Kier alpha value is -4.04. The molecule has 1 aliphatic carbocycles. The number of H-pyrrole nitrogens is 1. The molecule has 154 valence electrons. The second kappa shape index (κ2) is 7.58. The molecule has 2 heterocycles. The van der Waals surface area contributed by atoms with Crippen LogP contribution in [-0.4, -0.2) is 4.98 Å². The van der Waals surface area contributed by atoms with Gasteiger partial charge in [-0.15, -0.1) is 0 Å². The number of allylic oxidation sites excluding steroid dienone is 5. The molecule has 0 amide bonds. The quantitative estimate of drug-likeness (QED) is 0.355. The van der Waals surface area contributed by atoms with Gasteiger partial charge in [0.1, 0.15) is 0 Å². The van der Waals surface area contributed by atoms with E-state index >= 15 is 0 Å². The SMILES string of the molecule is C=C1/C=C\C=C/N(c2ccc(C3=Cc4c([nH]c5ccccc45)CC3)cc2)c2ccccc21. The molecule has 2 nitrogen and oxygen atoms in total. The van der Waals surface area contributed by atoms with Crippen LogP contribution in [0.25, 0.3) is 28.1 Å². The summed E-state index contributed by atoms with van der Waals surface area (Å²) in [5.74, 6) is 0. The lowest BCUT2D eigenvalue weighted by atomic mass is 9.91. The van der Waals surface area contributed by atoms with Crippen LogP contribution in [-0.2, 0) is 6.42 Å². The van der Waals surface area contributed by atoms with Gasteiger partial charge in [-0.05, 0) is 66.0 Å². The van der Waals surface area contributed by atoms with E-state index in [9.17, 15) is 0 Å². The van der Waals surface area contributed by atoms with Gasteiger partial charge in [0, 0.05) is 39.6 Å². The van der Waals surface area contributed by atoms with Crippen molar-refractivity contribution in [2.45, 2.75) is 12.8 Å². The highest BCUT2D eigenvalue weighted by atomic mass is 15.1. The van der Waals surface area contributed by atoms with Gasteiger partial charge in [-0.3, -0.25) is 0 Å². The van der Waals surface area contributed by atoms with Crippen LogP contribution in [0.1, 0.15) is 28.8 Å². The van der Waals surface area contributed by atoms with Crippen molar-refractivity contribution in [3.63, 3.8) is 0 Å². The maximum absolute atomic E-state index is 4.24. The van der Waals surface area contributed by atoms with Crippen LogP contribution in [0.15, 0.2) is 104 Å². The van der Waals surface area contributed by atoms with Crippen molar-refractivity contribution in [1.82, 2.24) is 4.98 Å². The molecule has 0 saturated carbocycles. The molecule has 1 aliphatic heterocycles. The lowest BCUT2D eigenvalue weighted by molar-refractivity contribution is 0.964. The van der Waals surface area contributed by atoms with E-state index in [0.717, 1.165) is 35.4 Å². The summed E-state index contributed by atoms with van der Waals surface area (Å²) in [7, 11) is 0. The normalized spacial score (nSPS) is 17.2. The summed E-state index contributed by atoms with van der Waals surface area (Å²) in [4.78, 5) is 5.83. The van der Waals surface area contributed by atoms with E-state index in [1.165, 1.54) is 33.3 Å². The fraction of sp³-hybridized carbons (Fsp3) is 0.0667. The van der Waals surface area contributed by atoms with Crippen molar-refractivity contribution in [3.05, 3.63) is 126 Å². The average Bonchev–Trinajstić information content (AvgIpc) is 3.21. The summed E-state index contributed by atoms with van der Waals surface area (Å²) >= 11 is 0.